The molecule has 0 unspecified atom stereocenters. The molecular formula is C31H32O4P2Pd. The molecule has 0 heterocycles. The molecule has 0 aromatic heterocycles. The molecule has 4 aromatic rings. The van der Waals surface area contributed by atoms with Crippen molar-refractivity contribution in [2.45, 2.75) is 32.6 Å². The largest absolute Gasteiger partial charge is 2.00 e. The molecule has 0 radical (unpaired) electrons. The van der Waals surface area contributed by atoms with Crippen LogP contribution >= 0.6 is 15.8 Å². The zero-order chi connectivity index (χ0) is 27.0. The molecule has 0 N–H and O–H groups in total. The summed E-state index contributed by atoms with van der Waals surface area (Å²) in [6.45, 7) is 4.31. The smallest absolute Gasteiger partial charge is 0.550 e. The molecular weight excluding hydrogens is 605 g/mol. The molecule has 7 heteroatoms. The van der Waals surface area contributed by atoms with Gasteiger partial charge >= 0.3 is 20.4 Å². The molecule has 0 aliphatic heterocycles. The fourth-order valence-electron chi connectivity index (χ4n) is 3.82. The Hall–Kier alpha value is -2.66. The van der Waals surface area contributed by atoms with E-state index in [4.69, 9.17) is 19.8 Å². The van der Waals surface area contributed by atoms with E-state index in [2.05, 4.69) is 128 Å². The topological polar surface area (TPSA) is 80.3 Å². The number of hydrogen-bond donors (Lipinski definition) is 0. The van der Waals surface area contributed by atoms with E-state index in [0.717, 1.165) is 20.3 Å². The van der Waals surface area contributed by atoms with Crippen molar-refractivity contribution in [1.29, 1.82) is 0 Å². The first-order valence-electron chi connectivity index (χ1n) is 12.0. The molecule has 200 valence electrons. The minimum Gasteiger partial charge on any atom is -0.550 e. The number of rotatable bonds is 7. The average Bonchev–Trinajstić information content (AvgIpc) is 2.90. The van der Waals surface area contributed by atoms with Gasteiger partial charge in [-0.3, -0.25) is 0 Å². The molecule has 0 saturated carbocycles. The Kier molecular flexibility index (Phi) is 16.3. The van der Waals surface area contributed by atoms with Gasteiger partial charge in [-0.1, -0.05) is 128 Å². The summed E-state index contributed by atoms with van der Waals surface area (Å²) in [5, 5.41) is 24.2. The molecule has 4 aromatic carbocycles. The van der Waals surface area contributed by atoms with Crippen LogP contribution in [0, 0.1) is 0 Å². The number of carboxylic acids is 2. The van der Waals surface area contributed by atoms with Gasteiger partial charge in [-0.2, -0.15) is 0 Å². The first-order chi connectivity index (χ1) is 17.8. The average molecular weight is 637 g/mol. The summed E-state index contributed by atoms with van der Waals surface area (Å²) in [4.78, 5) is 17.8. The second kappa shape index (κ2) is 18.6. The van der Waals surface area contributed by atoms with Crippen LogP contribution in [0.2, 0.25) is 0 Å². The van der Waals surface area contributed by atoms with Crippen molar-refractivity contribution < 1.29 is 40.2 Å². The van der Waals surface area contributed by atoms with Gasteiger partial charge in [0.05, 0.1) is 0 Å². The normalized spacial score (nSPS) is 9.95. The molecule has 4 nitrogen and oxygen atoms in total. The number of carbonyl (C=O) groups is 2. The van der Waals surface area contributed by atoms with Crippen LogP contribution < -0.4 is 31.4 Å². The van der Waals surface area contributed by atoms with Gasteiger partial charge in [0.1, 0.15) is 0 Å². The van der Waals surface area contributed by atoms with Gasteiger partial charge < -0.3 is 19.8 Å². The minimum atomic E-state index is -1.08. The molecule has 4 rings (SSSR count). The van der Waals surface area contributed by atoms with Gasteiger partial charge in [0.2, 0.25) is 0 Å². The third kappa shape index (κ3) is 11.4. The van der Waals surface area contributed by atoms with Crippen LogP contribution in [0.5, 0.6) is 0 Å². The van der Waals surface area contributed by atoms with Crippen molar-refractivity contribution in [1.82, 2.24) is 0 Å². The van der Waals surface area contributed by atoms with E-state index in [9.17, 15) is 0 Å². The first kappa shape index (κ1) is 33.4. The van der Waals surface area contributed by atoms with Crippen molar-refractivity contribution in [3.05, 3.63) is 121 Å². The standard InChI is InChI=1S/C27H26P2.2C2H4O2.Pd/c1-2-27(28(23-15-7-3-8-16-23)24-17-9-4-10-18-24)29(25-19-11-5-12-20-25)26-21-13-6-14-22-26;2*1-2(3)4;/h3-22,27H,2H2,1H3;2*1H3,(H,3,4);/q;;;+2/p-2. The Balaban J connectivity index is 0.000000709. The first-order valence-corrected chi connectivity index (χ1v) is 14.8. The zero-order valence-electron chi connectivity index (χ0n) is 21.7. The van der Waals surface area contributed by atoms with Gasteiger partial charge in [-0.05, 0) is 57.3 Å². The predicted octanol–water partition coefficient (Wildman–Crippen LogP) is 3.50. The Bertz CT molecular complexity index is 1010. The monoisotopic (exact) mass is 636 g/mol. The molecule has 0 amide bonds. The number of carbonyl (C=O) groups excluding carboxylic acids is 2. The Morgan fingerprint density at radius 2 is 0.737 bits per heavy atom. The Morgan fingerprint density at radius 3 is 0.895 bits per heavy atom. The maximum absolute atomic E-state index is 8.89. The minimum absolute atomic E-state index is 0. The Morgan fingerprint density at radius 1 is 0.553 bits per heavy atom. The van der Waals surface area contributed by atoms with Crippen molar-refractivity contribution in [2.75, 3.05) is 0 Å². The van der Waals surface area contributed by atoms with Crippen molar-refractivity contribution in [3.63, 3.8) is 0 Å². The maximum Gasteiger partial charge on any atom is 2.00 e. The van der Waals surface area contributed by atoms with E-state index in [1.54, 1.807) is 0 Å². The van der Waals surface area contributed by atoms with Crippen LogP contribution in [-0.2, 0) is 30.0 Å². The molecule has 0 aliphatic carbocycles. The molecule has 0 aliphatic rings. The van der Waals surface area contributed by atoms with Crippen LogP contribution in [0.4, 0.5) is 0 Å². The third-order valence-electron chi connectivity index (χ3n) is 5.10. The summed E-state index contributed by atoms with van der Waals surface area (Å²) in [6.07, 6.45) is 1.16. The van der Waals surface area contributed by atoms with E-state index in [-0.39, 0.29) is 20.4 Å². The molecule has 0 fully saturated rings. The second-order valence-electron chi connectivity index (χ2n) is 7.95. The molecule has 0 saturated heterocycles. The molecule has 38 heavy (non-hydrogen) atoms. The summed E-state index contributed by atoms with van der Waals surface area (Å²) in [7, 11) is -0.944. The van der Waals surface area contributed by atoms with Crippen LogP contribution in [0.3, 0.4) is 0 Å². The van der Waals surface area contributed by atoms with Crippen LogP contribution in [0.15, 0.2) is 121 Å². The summed E-state index contributed by atoms with van der Waals surface area (Å²) < 4.78 is 0. The van der Waals surface area contributed by atoms with Gasteiger partial charge in [-0.15, -0.1) is 0 Å². The second-order valence-corrected chi connectivity index (χ2v) is 13.2. The number of benzene rings is 4. The van der Waals surface area contributed by atoms with E-state index in [1.807, 2.05) is 0 Å². The van der Waals surface area contributed by atoms with Crippen LogP contribution in [0.25, 0.3) is 0 Å². The summed E-state index contributed by atoms with van der Waals surface area (Å²) >= 11 is 0. The quantitative estimate of drug-likeness (QED) is 0.230. The van der Waals surface area contributed by atoms with Gasteiger partial charge in [0, 0.05) is 17.3 Å². The van der Waals surface area contributed by atoms with Crippen molar-refractivity contribution in [2.24, 2.45) is 0 Å². The third-order valence-corrected chi connectivity index (χ3v) is 11.8. The van der Waals surface area contributed by atoms with Crippen LogP contribution in [-0.4, -0.2) is 17.3 Å². The van der Waals surface area contributed by atoms with Crippen molar-refractivity contribution in [3.8, 4) is 0 Å². The van der Waals surface area contributed by atoms with E-state index < -0.39 is 27.8 Å². The Labute approximate surface area is 242 Å². The van der Waals surface area contributed by atoms with Gasteiger partial charge in [0.15, 0.2) is 0 Å². The maximum atomic E-state index is 8.89. The number of hydrogen-bond acceptors (Lipinski definition) is 4. The van der Waals surface area contributed by atoms with Gasteiger partial charge in [-0.25, -0.2) is 0 Å². The predicted molar refractivity (Wildman–Crippen MR) is 154 cm³/mol. The summed E-state index contributed by atoms with van der Waals surface area (Å²) in [5.41, 5.74) is 0. The fourth-order valence-corrected chi connectivity index (χ4v) is 11.0. The van der Waals surface area contributed by atoms with E-state index in [1.165, 1.54) is 21.2 Å². The van der Waals surface area contributed by atoms with Gasteiger partial charge in [0.25, 0.3) is 0 Å². The van der Waals surface area contributed by atoms with E-state index >= 15 is 0 Å². The fraction of sp³-hybridized carbons (Fsp3) is 0.161. The molecule has 0 atom stereocenters. The zero-order valence-corrected chi connectivity index (χ0v) is 25.0. The number of aliphatic carboxylic acids is 2. The molecule has 0 bridgehead atoms. The van der Waals surface area contributed by atoms with Crippen molar-refractivity contribution >= 4 is 49.0 Å². The van der Waals surface area contributed by atoms with Crippen LogP contribution in [0.1, 0.15) is 27.2 Å². The van der Waals surface area contributed by atoms with E-state index in [0.29, 0.717) is 5.40 Å². The summed E-state index contributed by atoms with van der Waals surface area (Å²) in [5.74, 6) is -2.17. The molecule has 0 spiro atoms. The number of carboxylic acid groups (broad SMARTS) is 2. The summed E-state index contributed by atoms with van der Waals surface area (Å²) in [6, 6.07) is 44.6. The SMILES string of the molecule is CC(=O)[O-].CC(=O)[O-].CCC(P(c1ccccc1)c1ccccc1)P(c1ccccc1)c1ccccc1.[Pd+2].